The van der Waals surface area contributed by atoms with Crippen molar-refractivity contribution < 1.29 is 4.42 Å². The lowest BCUT2D eigenvalue weighted by molar-refractivity contribution is 0.669. The van der Waals surface area contributed by atoms with E-state index in [0.717, 1.165) is 44.6 Å². The largest absolute Gasteiger partial charge is 0.456 e. The van der Waals surface area contributed by atoms with Crippen molar-refractivity contribution in [3.05, 3.63) is 176 Å². The number of furan rings is 1. The molecule has 2 heterocycles. The smallest absolute Gasteiger partial charge is 0.137 e. The van der Waals surface area contributed by atoms with Gasteiger partial charge in [-0.1, -0.05) is 127 Å². The highest BCUT2D eigenvalue weighted by atomic mass is 32.1. The maximum absolute atomic E-state index is 6.46. The van der Waals surface area contributed by atoms with Crippen LogP contribution < -0.4 is 4.90 Å². The van der Waals surface area contributed by atoms with E-state index >= 15 is 0 Å². The van der Waals surface area contributed by atoms with Gasteiger partial charge >= 0.3 is 0 Å². The Labute approximate surface area is 287 Å². The van der Waals surface area contributed by atoms with E-state index in [1.54, 1.807) is 0 Å². The summed E-state index contributed by atoms with van der Waals surface area (Å²) in [6, 6.07) is 63.4. The Morgan fingerprint density at radius 2 is 1.12 bits per heavy atom. The first-order valence-corrected chi connectivity index (χ1v) is 17.4. The van der Waals surface area contributed by atoms with Crippen LogP contribution in [0.3, 0.4) is 0 Å². The van der Waals surface area contributed by atoms with Crippen molar-refractivity contribution in [3.63, 3.8) is 0 Å². The van der Waals surface area contributed by atoms with Gasteiger partial charge < -0.3 is 9.32 Å². The fraction of sp³-hybridized carbons (Fsp3) is 0. The molecule has 10 aromatic rings. The van der Waals surface area contributed by atoms with Crippen molar-refractivity contribution >= 4 is 81.3 Å². The molecule has 2 aromatic heterocycles. The van der Waals surface area contributed by atoms with Crippen LogP contribution in [0.25, 0.3) is 75.1 Å². The van der Waals surface area contributed by atoms with Crippen LogP contribution >= 0.6 is 11.3 Å². The molecule has 8 aromatic carbocycles. The summed E-state index contributed by atoms with van der Waals surface area (Å²) in [6.45, 7) is 0. The minimum absolute atomic E-state index is 0.872. The zero-order valence-electron chi connectivity index (χ0n) is 26.5. The van der Waals surface area contributed by atoms with Gasteiger partial charge in [-0.25, -0.2) is 0 Å². The quantitative estimate of drug-likeness (QED) is 0.186. The van der Waals surface area contributed by atoms with Gasteiger partial charge in [0.1, 0.15) is 11.2 Å². The van der Waals surface area contributed by atoms with Crippen molar-refractivity contribution in [2.45, 2.75) is 0 Å². The second-order valence-corrected chi connectivity index (χ2v) is 13.6. The molecule has 0 aliphatic carbocycles. The van der Waals surface area contributed by atoms with Gasteiger partial charge in [0.25, 0.3) is 0 Å². The Morgan fingerprint density at radius 1 is 0.408 bits per heavy atom. The number of thiophene rings is 1. The molecule has 0 aliphatic rings. The van der Waals surface area contributed by atoms with E-state index in [1.165, 1.54) is 47.6 Å². The maximum Gasteiger partial charge on any atom is 0.137 e. The fourth-order valence-corrected chi connectivity index (χ4v) is 8.51. The molecule has 0 amide bonds. The van der Waals surface area contributed by atoms with Gasteiger partial charge in [0.05, 0.1) is 16.8 Å². The predicted molar refractivity (Wildman–Crippen MR) is 210 cm³/mol. The Morgan fingerprint density at radius 3 is 2.04 bits per heavy atom. The molecule has 230 valence electrons. The van der Waals surface area contributed by atoms with Crippen molar-refractivity contribution in [1.29, 1.82) is 0 Å². The van der Waals surface area contributed by atoms with Gasteiger partial charge in [-0.15, -0.1) is 11.3 Å². The van der Waals surface area contributed by atoms with Gasteiger partial charge in [-0.3, -0.25) is 0 Å². The topological polar surface area (TPSA) is 16.4 Å². The molecule has 3 heteroatoms. The van der Waals surface area contributed by atoms with Crippen LogP contribution in [0.4, 0.5) is 17.1 Å². The number of hydrogen-bond donors (Lipinski definition) is 0. The summed E-state index contributed by atoms with van der Waals surface area (Å²) < 4.78 is 9.04. The number of fused-ring (bicyclic) bond motifs is 7. The lowest BCUT2D eigenvalue weighted by Crippen LogP contribution is -2.12. The second-order valence-electron chi connectivity index (χ2n) is 12.5. The van der Waals surface area contributed by atoms with Gasteiger partial charge in [0, 0.05) is 36.8 Å². The summed E-state index contributed by atoms with van der Waals surface area (Å²) in [6.07, 6.45) is 0. The normalized spacial score (nSPS) is 11.7. The molecule has 0 aliphatic heterocycles. The Balaban J connectivity index is 1.32. The summed E-state index contributed by atoms with van der Waals surface area (Å²) in [7, 11) is 0. The van der Waals surface area contributed by atoms with Crippen LogP contribution in [0.2, 0.25) is 0 Å². The summed E-state index contributed by atoms with van der Waals surface area (Å²) in [5.74, 6) is 0. The predicted octanol–water partition coefficient (Wildman–Crippen LogP) is 13.9. The second kappa shape index (κ2) is 11.2. The van der Waals surface area contributed by atoms with E-state index in [1.807, 2.05) is 17.4 Å². The van der Waals surface area contributed by atoms with Gasteiger partial charge in [-0.2, -0.15) is 0 Å². The van der Waals surface area contributed by atoms with E-state index in [9.17, 15) is 0 Å². The average Bonchev–Trinajstić information content (AvgIpc) is 3.74. The number of hydrogen-bond acceptors (Lipinski definition) is 3. The highest BCUT2D eigenvalue weighted by Gasteiger charge is 2.23. The highest BCUT2D eigenvalue weighted by molar-refractivity contribution is 7.25. The zero-order valence-corrected chi connectivity index (χ0v) is 27.3. The van der Waals surface area contributed by atoms with Crippen molar-refractivity contribution in [3.8, 4) is 22.3 Å². The third kappa shape index (κ3) is 4.55. The van der Waals surface area contributed by atoms with Crippen molar-refractivity contribution in [2.24, 2.45) is 0 Å². The molecule has 10 rings (SSSR count). The first kappa shape index (κ1) is 27.9. The highest BCUT2D eigenvalue weighted by Crippen LogP contribution is 2.48. The molecule has 0 radical (unpaired) electrons. The molecule has 2 nitrogen and oxygen atoms in total. The van der Waals surface area contributed by atoms with Crippen LogP contribution in [0.1, 0.15) is 0 Å². The molecule has 0 saturated heterocycles. The molecular weight excluding hydrogens is 615 g/mol. The molecule has 0 fully saturated rings. The lowest BCUT2D eigenvalue weighted by Gasteiger charge is -2.29. The van der Waals surface area contributed by atoms with Gasteiger partial charge in [0.2, 0.25) is 0 Å². The summed E-state index contributed by atoms with van der Waals surface area (Å²) in [5, 5.41) is 7.22. The minimum Gasteiger partial charge on any atom is -0.456 e. The van der Waals surface area contributed by atoms with Crippen LogP contribution in [-0.2, 0) is 0 Å². The molecule has 0 N–H and O–H groups in total. The monoisotopic (exact) mass is 643 g/mol. The molecule has 0 spiro atoms. The number of benzene rings is 8. The number of para-hydroxylation sites is 1. The third-order valence-electron chi connectivity index (χ3n) is 9.66. The van der Waals surface area contributed by atoms with Crippen molar-refractivity contribution in [1.82, 2.24) is 0 Å². The maximum atomic E-state index is 6.46. The van der Waals surface area contributed by atoms with Gasteiger partial charge in [0.15, 0.2) is 0 Å². The molecule has 49 heavy (non-hydrogen) atoms. The van der Waals surface area contributed by atoms with E-state index in [-0.39, 0.29) is 0 Å². The molecule has 0 saturated carbocycles. The van der Waals surface area contributed by atoms with Crippen molar-refractivity contribution in [2.75, 3.05) is 4.90 Å². The summed E-state index contributed by atoms with van der Waals surface area (Å²) in [4.78, 5) is 2.45. The van der Waals surface area contributed by atoms with Gasteiger partial charge in [-0.05, 0) is 76.0 Å². The Hall–Kier alpha value is -6.16. The van der Waals surface area contributed by atoms with Crippen LogP contribution in [0.15, 0.2) is 180 Å². The molecule has 0 unspecified atom stereocenters. The van der Waals surface area contributed by atoms with E-state index in [4.69, 9.17) is 4.42 Å². The molecule has 0 atom stereocenters. The van der Waals surface area contributed by atoms with Crippen LogP contribution in [-0.4, -0.2) is 0 Å². The summed E-state index contributed by atoms with van der Waals surface area (Å²) in [5.41, 5.74) is 9.74. The number of nitrogens with zero attached hydrogens (tertiary/aromatic N) is 1. The first-order valence-electron chi connectivity index (χ1n) is 16.6. The van der Waals surface area contributed by atoms with Crippen LogP contribution in [0.5, 0.6) is 0 Å². The molecular formula is C46H29NOS. The van der Waals surface area contributed by atoms with E-state index in [2.05, 4.69) is 175 Å². The van der Waals surface area contributed by atoms with E-state index < -0.39 is 0 Å². The Bertz CT molecular complexity index is 2840. The first-order chi connectivity index (χ1) is 24.3. The SMILES string of the molecule is c1ccc(-c2ccc(-c3cccc4ccccc34)cc2N(c2ccc3sc4ccccc4c3c2)c2cccc3oc4ccccc4c23)cc1. The Kier molecular flexibility index (Phi) is 6.39. The zero-order chi connectivity index (χ0) is 32.3. The standard InChI is InChI=1S/C46H29NOS/c1-2-12-31(13-3-1)36-26-24-32(35-19-10-15-30-14-4-5-16-34(30)35)28-41(36)47(33-25-27-45-39(29-33)37-17-7-9-23-44(37)49-45)40-20-11-22-43-46(40)38-18-6-8-21-42(38)48-43/h1-29H. The van der Waals surface area contributed by atoms with E-state index in [0.29, 0.717) is 0 Å². The average molecular weight is 644 g/mol. The molecule has 0 bridgehead atoms. The third-order valence-corrected chi connectivity index (χ3v) is 10.8. The summed E-state index contributed by atoms with van der Waals surface area (Å²) >= 11 is 1.85. The lowest BCUT2D eigenvalue weighted by atomic mass is 9.94. The number of anilines is 3. The number of rotatable bonds is 5. The fourth-order valence-electron chi connectivity index (χ4n) is 7.43. The van der Waals surface area contributed by atoms with Crippen LogP contribution in [0, 0.1) is 0 Å². The minimum atomic E-state index is 0.872.